The molecular formula is C26H25N3O2S. The Morgan fingerprint density at radius 1 is 1.03 bits per heavy atom. The van der Waals surface area contributed by atoms with E-state index >= 15 is 0 Å². The van der Waals surface area contributed by atoms with Gasteiger partial charge in [0.15, 0.2) is 0 Å². The molecule has 6 heteroatoms. The fourth-order valence-corrected chi connectivity index (χ4v) is 4.72. The fraction of sp³-hybridized carbons (Fsp3) is 0.154. The Hall–Kier alpha value is -3.51. The van der Waals surface area contributed by atoms with Gasteiger partial charge in [0.25, 0.3) is 0 Å². The average molecular weight is 444 g/mol. The van der Waals surface area contributed by atoms with Crippen LogP contribution in [0.2, 0.25) is 0 Å². The highest BCUT2D eigenvalue weighted by Crippen LogP contribution is 2.42. The van der Waals surface area contributed by atoms with Crippen LogP contribution >= 0.6 is 11.8 Å². The van der Waals surface area contributed by atoms with E-state index in [-0.39, 0.29) is 17.2 Å². The maximum Gasteiger partial charge on any atom is 0.248 e. The lowest BCUT2D eigenvalue weighted by Gasteiger charge is -2.25. The summed E-state index contributed by atoms with van der Waals surface area (Å²) in [6.07, 6.45) is 3.30. The predicted molar refractivity (Wildman–Crippen MR) is 134 cm³/mol. The molecule has 32 heavy (non-hydrogen) atoms. The fourth-order valence-electron chi connectivity index (χ4n) is 3.55. The molecule has 0 spiro atoms. The SMILES string of the molecule is CN(C)c1ccc(N2C(=O)CS[C@@H]2c2cccc(NC(=O)/C=C/c3ccccc3)c2)cc1. The smallest absolute Gasteiger partial charge is 0.248 e. The number of carbonyl (C=O) groups is 2. The zero-order valence-electron chi connectivity index (χ0n) is 18.1. The lowest BCUT2D eigenvalue weighted by molar-refractivity contribution is -0.116. The molecule has 0 radical (unpaired) electrons. The molecule has 0 saturated carbocycles. The van der Waals surface area contributed by atoms with Gasteiger partial charge in [-0.25, -0.2) is 0 Å². The molecule has 1 aliphatic rings. The number of rotatable bonds is 6. The number of nitrogens with zero attached hydrogens (tertiary/aromatic N) is 2. The Labute approximate surface area is 192 Å². The van der Waals surface area contributed by atoms with Gasteiger partial charge in [-0.3, -0.25) is 14.5 Å². The van der Waals surface area contributed by atoms with Crippen LogP contribution in [-0.2, 0) is 9.59 Å². The first kappa shape index (κ1) is 21.7. The Bertz CT molecular complexity index is 1130. The number of carbonyl (C=O) groups excluding carboxylic acids is 2. The summed E-state index contributed by atoms with van der Waals surface area (Å²) in [6, 6.07) is 25.4. The molecule has 1 heterocycles. The van der Waals surface area contributed by atoms with Crippen molar-refractivity contribution in [1.82, 2.24) is 0 Å². The van der Waals surface area contributed by atoms with Crippen LogP contribution in [0.4, 0.5) is 17.1 Å². The van der Waals surface area contributed by atoms with Crippen molar-refractivity contribution in [3.8, 4) is 0 Å². The molecular weight excluding hydrogens is 418 g/mol. The first-order valence-corrected chi connectivity index (χ1v) is 11.4. The van der Waals surface area contributed by atoms with Crippen LogP contribution in [0.1, 0.15) is 16.5 Å². The van der Waals surface area contributed by atoms with Crippen LogP contribution in [0.5, 0.6) is 0 Å². The summed E-state index contributed by atoms with van der Waals surface area (Å²) in [5, 5.41) is 2.78. The van der Waals surface area contributed by atoms with Gasteiger partial charge in [0.1, 0.15) is 5.37 Å². The van der Waals surface area contributed by atoms with E-state index in [1.807, 2.05) is 103 Å². The Balaban J connectivity index is 1.50. The normalized spacial score (nSPS) is 15.9. The summed E-state index contributed by atoms with van der Waals surface area (Å²) in [5.41, 5.74) is 4.59. The van der Waals surface area contributed by atoms with Gasteiger partial charge in [0.05, 0.1) is 5.75 Å². The van der Waals surface area contributed by atoms with Crippen molar-refractivity contribution in [2.45, 2.75) is 5.37 Å². The summed E-state index contributed by atoms with van der Waals surface area (Å²) in [5.74, 6) is 0.311. The maximum atomic E-state index is 12.7. The second-order valence-corrected chi connectivity index (χ2v) is 8.77. The largest absolute Gasteiger partial charge is 0.378 e. The minimum absolute atomic E-state index is 0.0813. The van der Waals surface area contributed by atoms with E-state index in [9.17, 15) is 9.59 Å². The molecule has 0 aliphatic carbocycles. The van der Waals surface area contributed by atoms with Crippen molar-refractivity contribution in [2.24, 2.45) is 0 Å². The van der Waals surface area contributed by atoms with E-state index in [0.717, 1.165) is 22.5 Å². The first-order valence-electron chi connectivity index (χ1n) is 10.4. The lowest BCUT2D eigenvalue weighted by Crippen LogP contribution is -2.27. The van der Waals surface area contributed by atoms with Crippen LogP contribution in [0.3, 0.4) is 0 Å². The van der Waals surface area contributed by atoms with E-state index in [4.69, 9.17) is 0 Å². The van der Waals surface area contributed by atoms with Gasteiger partial charge < -0.3 is 10.2 Å². The zero-order chi connectivity index (χ0) is 22.5. The van der Waals surface area contributed by atoms with Crippen LogP contribution < -0.4 is 15.1 Å². The summed E-state index contributed by atoms with van der Waals surface area (Å²) in [4.78, 5) is 28.9. The van der Waals surface area contributed by atoms with Crippen molar-refractivity contribution in [3.05, 3.63) is 96.1 Å². The number of anilines is 3. The Morgan fingerprint density at radius 3 is 2.50 bits per heavy atom. The van der Waals surface area contributed by atoms with Gasteiger partial charge in [-0.15, -0.1) is 11.8 Å². The van der Waals surface area contributed by atoms with Gasteiger partial charge in [0.2, 0.25) is 11.8 Å². The minimum atomic E-state index is -0.197. The Kier molecular flexibility index (Phi) is 6.61. The molecule has 0 unspecified atom stereocenters. The van der Waals surface area contributed by atoms with Crippen LogP contribution in [0, 0.1) is 0 Å². The number of nitrogens with one attached hydrogen (secondary N) is 1. The van der Waals surface area contributed by atoms with Crippen molar-refractivity contribution >= 4 is 46.7 Å². The quantitative estimate of drug-likeness (QED) is 0.533. The highest BCUT2D eigenvalue weighted by Gasteiger charge is 2.34. The summed E-state index contributed by atoms with van der Waals surface area (Å²) < 4.78 is 0. The van der Waals surface area contributed by atoms with Gasteiger partial charge in [-0.05, 0) is 53.6 Å². The van der Waals surface area contributed by atoms with E-state index in [2.05, 4.69) is 5.32 Å². The number of hydrogen-bond acceptors (Lipinski definition) is 4. The van der Waals surface area contributed by atoms with Crippen molar-refractivity contribution in [1.29, 1.82) is 0 Å². The number of benzene rings is 3. The molecule has 1 saturated heterocycles. The van der Waals surface area contributed by atoms with Gasteiger partial charge in [0, 0.05) is 37.2 Å². The molecule has 1 N–H and O–H groups in total. The second kappa shape index (κ2) is 9.75. The van der Waals surface area contributed by atoms with Crippen molar-refractivity contribution < 1.29 is 9.59 Å². The molecule has 0 aromatic heterocycles. The molecule has 3 aromatic rings. The second-order valence-electron chi connectivity index (χ2n) is 7.70. The van der Waals surface area contributed by atoms with E-state index in [1.54, 1.807) is 17.8 Å². The monoisotopic (exact) mass is 443 g/mol. The molecule has 5 nitrogen and oxygen atoms in total. The van der Waals surface area contributed by atoms with Gasteiger partial charge >= 0.3 is 0 Å². The topological polar surface area (TPSA) is 52.6 Å². The molecule has 2 amide bonds. The van der Waals surface area contributed by atoms with E-state index in [0.29, 0.717) is 11.4 Å². The third kappa shape index (κ3) is 5.03. The van der Waals surface area contributed by atoms with Crippen LogP contribution in [0.15, 0.2) is 84.9 Å². The Morgan fingerprint density at radius 2 is 1.78 bits per heavy atom. The molecule has 3 aromatic carbocycles. The highest BCUT2D eigenvalue weighted by molar-refractivity contribution is 8.00. The molecule has 1 atom stereocenters. The number of amides is 2. The molecule has 1 aliphatic heterocycles. The third-order valence-electron chi connectivity index (χ3n) is 5.18. The van der Waals surface area contributed by atoms with Crippen LogP contribution in [0.25, 0.3) is 6.08 Å². The van der Waals surface area contributed by atoms with Crippen molar-refractivity contribution in [2.75, 3.05) is 35.0 Å². The highest BCUT2D eigenvalue weighted by atomic mass is 32.2. The lowest BCUT2D eigenvalue weighted by atomic mass is 10.1. The van der Waals surface area contributed by atoms with Crippen LogP contribution in [-0.4, -0.2) is 31.7 Å². The van der Waals surface area contributed by atoms with Gasteiger partial charge in [-0.1, -0.05) is 42.5 Å². The molecule has 162 valence electrons. The van der Waals surface area contributed by atoms with E-state index in [1.165, 1.54) is 6.08 Å². The summed E-state index contributed by atoms with van der Waals surface area (Å²) >= 11 is 1.59. The summed E-state index contributed by atoms with van der Waals surface area (Å²) in [6.45, 7) is 0. The molecule has 0 bridgehead atoms. The molecule has 4 rings (SSSR count). The number of hydrogen-bond donors (Lipinski definition) is 1. The number of thioether (sulfide) groups is 1. The minimum Gasteiger partial charge on any atom is -0.378 e. The van der Waals surface area contributed by atoms with Crippen molar-refractivity contribution in [3.63, 3.8) is 0 Å². The van der Waals surface area contributed by atoms with Gasteiger partial charge in [-0.2, -0.15) is 0 Å². The molecule has 1 fully saturated rings. The van der Waals surface area contributed by atoms with E-state index < -0.39 is 0 Å². The standard InChI is InChI=1S/C26H25N3O2S/c1-28(2)22-12-14-23(15-13-22)29-25(31)18-32-26(29)20-9-6-10-21(17-20)27-24(30)16-11-19-7-4-3-5-8-19/h3-17,26H,18H2,1-2H3,(H,27,30)/b16-11+/t26-/m1/s1. The third-order valence-corrected chi connectivity index (χ3v) is 6.39. The predicted octanol–water partition coefficient (Wildman–Crippen LogP) is 5.18. The first-order chi connectivity index (χ1) is 15.5. The maximum absolute atomic E-state index is 12.7. The summed E-state index contributed by atoms with van der Waals surface area (Å²) in [7, 11) is 3.98. The zero-order valence-corrected chi connectivity index (χ0v) is 18.9. The average Bonchev–Trinajstić information content (AvgIpc) is 3.20.